The van der Waals surface area contributed by atoms with E-state index in [4.69, 9.17) is 11.6 Å². The van der Waals surface area contributed by atoms with Gasteiger partial charge in [-0.2, -0.15) is 0 Å². The van der Waals surface area contributed by atoms with Gasteiger partial charge < -0.3 is 5.32 Å². The molecule has 1 fully saturated rings. The van der Waals surface area contributed by atoms with Gasteiger partial charge in [0, 0.05) is 16.6 Å². The molecule has 1 N–H and O–H groups in total. The van der Waals surface area contributed by atoms with E-state index in [2.05, 4.69) is 19.2 Å². The van der Waals surface area contributed by atoms with Crippen molar-refractivity contribution in [3.8, 4) is 0 Å². The molecular weight excluding hydrogens is 285 g/mol. The molecule has 0 radical (unpaired) electrons. The van der Waals surface area contributed by atoms with Gasteiger partial charge in [0.1, 0.15) is 5.82 Å². The van der Waals surface area contributed by atoms with Crippen molar-refractivity contribution < 1.29 is 4.39 Å². The van der Waals surface area contributed by atoms with Gasteiger partial charge in [-0.05, 0) is 56.2 Å². The van der Waals surface area contributed by atoms with Crippen LogP contribution in [0.1, 0.15) is 51.5 Å². The van der Waals surface area contributed by atoms with Crippen LogP contribution >= 0.6 is 11.6 Å². The zero-order valence-corrected chi connectivity index (χ0v) is 13.9. The summed E-state index contributed by atoms with van der Waals surface area (Å²) in [5, 5.41) is 4.16. The molecule has 1 aliphatic carbocycles. The second-order valence-electron chi connectivity index (χ2n) is 6.30. The highest BCUT2D eigenvalue weighted by molar-refractivity contribution is 6.31. The normalized spacial score (nSPS) is 26.0. The van der Waals surface area contributed by atoms with Crippen LogP contribution in [0.4, 0.5) is 4.39 Å². The van der Waals surface area contributed by atoms with Crippen molar-refractivity contribution in [2.24, 2.45) is 11.8 Å². The molecule has 3 atom stereocenters. The summed E-state index contributed by atoms with van der Waals surface area (Å²) >= 11 is 6.21. The molecule has 3 unspecified atom stereocenters. The summed E-state index contributed by atoms with van der Waals surface area (Å²) in [5.74, 6) is 1.13. The molecule has 1 aliphatic rings. The second-order valence-corrected chi connectivity index (χ2v) is 6.70. The SMILES string of the molecule is CCCC1CCC(NCC)C(Cc2c(F)cccc2Cl)C1. The van der Waals surface area contributed by atoms with Crippen LogP contribution in [0.3, 0.4) is 0 Å². The third-order valence-electron chi connectivity index (χ3n) is 4.78. The molecule has 1 aromatic carbocycles. The van der Waals surface area contributed by atoms with Crippen LogP contribution in [0, 0.1) is 17.7 Å². The van der Waals surface area contributed by atoms with Gasteiger partial charge in [-0.25, -0.2) is 4.39 Å². The maximum Gasteiger partial charge on any atom is 0.127 e. The third kappa shape index (κ3) is 4.43. The van der Waals surface area contributed by atoms with Crippen molar-refractivity contribution in [3.05, 3.63) is 34.6 Å². The number of benzene rings is 1. The summed E-state index contributed by atoms with van der Waals surface area (Å²) in [7, 11) is 0. The van der Waals surface area contributed by atoms with E-state index in [-0.39, 0.29) is 5.82 Å². The first-order valence-electron chi connectivity index (χ1n) is 8.31. The minimum atomic E-state index is -0.157. The molecule has 0 bridgehead atoms. The minimum Gasteiger partial charge on any atom is -0.314 e. The average molecular weight is 312 g/mol. The quantitative estimate of drug-likeness (QED) is 0.760. The Balaban J connectivity index is 2.12. The summed E-state index contributed by atoms with van der Waals surface area (Å²) in [4.78, 5) is 0. The summed E-state index contributed by atoms with van der Waals surface area (Å²) in [5.41, 5.74) is 0.698. The fourth-order valence-electron chi connectivity index (χ4n) is 3.78. The number of rotatable bonds is 6. The first-order chi connectivity index (χ1) is 10.2. The largest absolute Gasteiger partial charge is 0.314 e. The molecule has 0 amide bonds. The number of hydrogen-bond acceptors (Lipinski definition) is 1. The Morgan fingerprint density at radius 2 is 2.10 bits per heavy atom. The molecule has 0 aromatic heterocycles. The fourth-order valence-corrected chi connectivity index (χ4v) is 4.02. The smallest absolute Gasteiger partial charge is 0.127 e. The Hall–Kier alpha value is -0.600. The molecule has 21 heavy (non-hydrogen) atoms. The van der Waals surface area contributed by atoms with E-state index in [1.807, 2.05) is 0 Å². The Bertz CT molecular complexity index is 429. The predicted octanol–water partition coefficient (Wildman–Crippen LogP) is 5.22. The lowest BCUT2D eigenvalue weighted by Gasteiger charge is -2.37. The van der Waals surface area contributed by atoms with E-state index in [1.54, 1.807) is 12.1 Å². The van der Waals surface area contributed by atoms with E-state index >= 15 is 0 Å². The minimum absolute atomic E-state index is 0.157. The lowest BCUT2D eigenvalue weighted by Crippen LogP contribution is -2.41. The molecule has 2 rings (SSSR count). The average Bonchev–Trinajstić information content (AvgIpc) is 2.46. The molecule has 1 aromatic rings. The molecule has 1 saturated carbocycles. The monoisotopic (exact) mass is 311 g/mol. The number of hydrogen-bond donors (Lipinski definition) is 1. The van der Waals surface area contributed by atoms with Crippen LogP contribution < -0.4 is 5.32 Å². The first kappa shape index (κ1) is 16.8. The number of halogens is 2. The molecule has 0 saturated heterocycles. The Morgan fingerprint density at radius 3 is 2.76 bits per heavy atom. The van der Waals surface area contributed by atoms with Gasteiger partial charge in [0.15, 0.2) is 0 Å². The van der Waals surface area contributed by atoms with E-state index in [9.17, 15) is 4.39 Å². The van der Waals surface area contributed by atoms with Gasteiger partial charge in [0.2, 0.25) is 0 Å². The van der Waals surface area contributed by atoms with Crippen molar-refractivity contribution in [3.63, 3.8) is 0 Å². The van der Waals surface area contributed by atoms with Crippen molar-refractivity contribution in [1.82, 2.24) is 5.32 Å². The maximum atomic E-state index is 14.1. The predicted molar refractivity (Wildman–Crippen MR) is 88.3 cm³/mol. The van der Waals surface area contributed by atoms with Crippen LogP contribution in [-0.2, 0) is 6.42 Å². The molecule has 0 spiro atoms. The molecule has 0 aliphatic heterocycles. The van der Waals surface area contributed by atoms with Crippen molar-refractivity contribution in [1.29, 1.82) is 0 Å². The van der Waals surface area contributed by atoms with Gasteiger partial charge in [0.25, 0.3) is 0 Å². The first-order valence-corrected chi connectivity index (χ1v) is 8.69. The number of nitrogens with one attached hydrogen (secondary N) is 1. The molecule has 1 nitrogen and oxygen atoms in total. The van der Waals surface area contributed by atoms with Gasteiger partial charge in [-0.1, -0.05) is 44.4 Å². The topological polar surface area (TPSA) is 12.0 Å². The zero-order chi connectivity index (χ0) is 15.2. The summed E-state index contributed by atoms with van der Waals surface area (Å²) < 4.78 is 14.1. The van der Waals surface area contributed by atoms with Crippen LogP contribution in [0.5, 0.6) is 0 Å². The third-order valence-corrected chi connectivity index (χ3v) is 5.14. The van der Waals surface area contributed by atoms with Crippen LogP contribution in [-0.4, -0.2) is 12.6 Å². The van der Waals surface area contributed by atoms with Gasteiger partial charge >= 0.3 is 0 Å². The molecule has 3 heteroatoms. The Labute approximate surface area is 133 Å². The van der Waals surface area contributed by atoms with Gasteiger partial charge in [-0.3, -0.25) is 0 Å². The fraction of sp³-hybridized carbons (Fsp3) is 0.667. The summed E-state index contributed by atoms with van der Waals surface area (Å²) in [6, 6.07) is 5.51. The van der Waals surface area contributed by atoms with Crippen molar-refractivity contribution >= 4 is 11.6 Å². The van der Waals surface area contributed by atoms with E-state index in [0.717, 1.165) is 18.9 Å². The molecular formula is C18H27ClFN. The highest BCUT2D eigenvalue weighted by atomic mass is 35.5. The summed E-state index contributed by atoms with van der Waals surface area (Å²) in [6.07, 6.45) is 6.98. The zero-order valence-electron chi connectivity index (χ0n) is 13.2. The summed E-state index contributed by atoms with van der Waals surface area (Å²) in [6.45, 7) is 5.37. The lowest BCUT2D eigenvalue weighted by molar-refractivity contribution is 0.194. The molecule has 0 heterocycles. The van der Waals surface area contributed by atoms with Crippen molar-refractivity contribution in [2.45, 2.75) is 58.4 Å². The lowest BCUT2D eigenvalue weighted by atomic mass is 9.74. The van der Waals surface area contributed by atoms with Gasteiger partial charge in [-0.15, -0.1) is 0 Å². The van der Waals surface area contributed by atoms with Crippen LogP contribution in [0.15, 0.2) is 18.2 Å². The highest BCUT2D eigenvalue weighted by Crippen LogP contribution is 2.35. The molecule has 118 valence electrons. The van der Waals surface area contributed by atoms with E-state index in [0.29, 0.717) is 22.5 Å². The van der Waals surface area contributed by atoms with E-state index < -0.39 is 0 Å². The highest BCUT2D eigenvalue weighted by Gasteiger charge is 2.30. The Morgan fingerprint density at radius 1 is 1.29 bits per heavy atom. The van der Waals surface area contributed by atoms with Crippen molar-refractivity contribution in [2.75, 3.05) is 6.54 Å². The van der Waals surface area contributed by atoms with Crippen LogP contribution in [0.25, 0.3) is 0 Å². The maximum absolute atomic E-state index is 14.1. The van der Waals surface area contributed by atoms with Crippen LogP contribution in [0.2, 0.25) is 5.02 Å². The standard InChI is InChI=1S/C18H27ClFN/c1-3-6-13-9-10-18(21-4-2)14(11-13)12-15-16(19)7-5-8-17(15)20/h5,7-8,13-14,18,21H,3-4,6,9-12H2,1-2H3. The van der Waals surface area contributed by atoms with Gasteiger partial charge in [0.05, 0.1) is 0 Å². The Kier molecular flexibility index (Phi) is 6.50. The van der Waals surface area contributed by atoms with E-state index in [1.165, 1.54) is 38.2 Å². The second kappa shape index (κ2) is 8.14.